The fourth-order valence-corrected chi connectivity index (χ4v) is 7.11. The average Bonchev–Trinajstić information content (AvgIpc) is 3.48. The minimum atomic E-state index is -0.354. The second kappa shape index (κ2) is 10.6. The number of ether oxygens (including phenoxy) is 1. The van der Waals surface area contributed by atoms with Crippen LogP contribution in [0, 0.1) is 12.8 Å². The summed E-state index contributed by atoms with van der Waals surface area (Å²) in [5.41, 5.74) is 2.62. The lowest BCUT2D eigenvalue weighted by molar-refractivity contribution is -0.113. The summed E-state index contributed by atoms with van der Waals surface area (Å²) in [6.07, 6.45) is 2.81. The van der Waals surface area contributed by atoms with Gasteiger partial charge in [-0.2, -0.15) is 0 Å². The maximum atomic E-state index is 12.9. The number of nitrogens with one attached hydrogen (secondary N) is 1. The molecule has 0 radical (unpaired) electrons. The van der Waals surface area contributed by atoms with E-state index in [0.717, 1.165) is 36.2 Å². The summed E-state index contributed by atoms with van der Waals surface area (Å²) in [4.78, 5) is 28.0. The molecule has 1 aliphatic carbocycles. The van der Waals surface area contributed by atoms with Gasteiger partial charge in [-0.15, -0.1) is 32.9 Å². The Hall–Kier alpha value is -2.17. The number of thioether (sulfide) groups is 1. The van der Waals surface area contributed by atoms with E-state index in [1.54, 1.807) is 18.3 Å². The highest BCUT2D eigenvalue weighted by Gasteiger charge is 2.29. The third-order valence-electron chi connectivity index (χ3n) is 5.75. The summed E-state index contributed by atoms with van der Waals surface area (Å²) in [6.45, 7) is 10.6. The number of nitrogens with zero attached hydrogens (tertiary/aromatic N) is 3. The summed E-state index contributed by atoms with van der Waals surface area (Å²) in [5, 5.41) is 15.1. The van der Waals surface area contributed by atoms with Crippen molar-refractivity contribution in [2.24, 2.45) is 5.92 Å². The molecule has 1 atom stereocenters. The van der Waals surface area contributed by atoms with E-state index in [4.69, 9.17) is 4.74 Å². The van der Waals surface area contributed by atoms with Crippen LogP contribution in [0.15, 0.2) is 16.6 Å². The quantitative estimate of drug-likeness (QED) is 0.291. The number of thiophene rings is 2. The molecule has 0 saturated heterocycles. The minimum absolute atomic E-state index is 0.150. The molecule has 3 heterocycles. The molecule has 1 unspecified atom stereocenters. The third kappa shape index (κ3) is 5.23. The van der Waals surface area contributed by atoms with Gasteiger partial charge in [0.2, 0.25) is 5.91 Å². The van der Waals surface area contributed by atoms with Crippen LogP contribution in [0.1, 0.15) is 65.8 Å². The number of aryl methyl sites for hydroxylation is 1. The standard InChI is InChI=1S/C24H30N4O3S3/c1-6-31-23(30)20-17-8-7-14(4)9-18(17)34-22(20)25-19(29)12-33-24-27-26-21(28(24)13(2)3)16-10-15(5)32-11-16/h10-11,13-14H,6-9,12H2,1-5H3,(H,25,29). The maximum absolute atomic E-state index is 12.9. The van der Waals surface area contributed by atoms with Crippen molar-refractivity contribution in [2.75, 3.05) is 17.7 Å². The number of carbonyl (C=O) groups excluding carboxylic acids is 2. The molecule has 7 nitrogen and oxygen atoms in total. The fourth-order valence-electron chi connectivity index (χ4n) is 4.15. The van der Waals surface area contributed by atoms with Crippen molar-refractivity contribution < 1.29 is 14.3 Å². The first kappa shape index (κ1) is 24.9. The van der Waals surface area contributed by atoms with Gasteiger partial charge in [0.1, 0.15) is 5.00 Å². The Labute approximate surface area is 212 Å². The topological polar surface area (TPSA) is 86.1 Å². The van der Waals surface area contributed by atoms with Gasteiger partial charge in [0.15, 0.2) is 11.0 Å². The number of fused-ring (bicyclic) bond motifs is 1. The van der Waals surface area contributed by atoms with E-state index >= 15 is 0 Å². The van der Waals surface area contributed by atoms with Gasteiger partial charge in [0.25, 0.3) is 0 Å². The second-order valence-electron chi connectivity index (χ2n) is 8.83. The van der Waals surface area contributed by atoms with Crippen molar-refractivity contribution in [3.63, 3.8) is 0 Å². The maximum Gasteiger partial charge on any atom is 0.341 e. The number of rotatable bonds is 8. The highest BCUT2D eigenvalue weighted by molar-refractivity contribution is 7.99. The van der Waals surface area contributed by atoms with Crippen LogP contribution in [0.3, 0.4) is 0 Å². The zero-order valence-electron chi connectivity index (χ0n) is 20.1. The third-order valence-corrected chi connectivity index (χ3v) is 8.72. The van der Waals surface area contributed by atoms with Crippen molar-refractivity contribution in [3.05, 3.63) is 32.3 Å². The Morgan fingerprint density at radius 2 is 2.15 bits per heavy atom. The molecule has 0 saturated carbocycles. The molecule has 1 aliphatic rings. The Kier molecular flexibility index (Phi) is 7.79. The van der Waals surface area contributed by atoms with Gasteiger partial charge in [-0.3, -0.25) is 9.36 Å². The number of aromatic nitrogens is 3. The van der Waals surface area contributed by atoms with Crippen molar-refractivity contribution in [2.45, 2.75) is 65.1 Å². The van der Waals surface area contributed by atoms with Gasteiger partial charge < -0.3 is 10.1 Å². The van der Waals surface area contributed by atoms with Gasteiger partial charge in [0.05, 0.1) is 17.9 Å². The fraction of sp³-hybridized carbons (Fsp3) is 0.500. The highest BCUT2D eigenvalue weighted by Crippen LogP contribution is 2.40. The molecule has 0 aliphatic heterocycles. The minimum Gasteiger partial charge on any atom is -0.462 e. The first-order chi connectivity index (χ1) is 16.3. The monoisotopic (exact) mass is 518 g/mol. The van der Waals surface area contributed by atoms with Crippen LogP contribution >= 0.6 is 34.4 Å². The summed E-state index contributed by atoms with van der Waals surface area (Å²) >= 11 is 4.54. The van der Waals surface area contributed by atoms with E-state index in [9.17, 15) is 9.59 Å². The Morgan fingerprint density at radius 3 is 2.82 bits per heavy atom. The van der Waals surface area contributed by atoms with E-state index in [1.807, 2.05) is 0 Å². The molecule has 0 aromatic carbocycles. The molecule has 0 bridgehead atoms. The number of anilines is 1. The van der Waals surface area contributed by atoms with Crippen LogP contribution in [-0.4, -0.2) is 39.0 Å². The lowest BCUT2D eigenvalue weighted by atomic mass is 9.88. The number of hydrogen-bond donors (Lipinski definition) is 1. The van der Waals surface area contributed by atoms with Gasteiger partial charge in [-0.05, 0) is 64.5 Å². The summed E-state index contributed by atoms with van der Waals surface area (Å²) in [7, 11) is 0. The van der Waals surface area contributed by atoms with Crippen LogP contribution < -0.4 is 5.32 Å². The Balaban J connectivity index is 1.51. The molecule has 182 valence electrons. The molecule has 3 aromatic rings. The van der Waals surface area contributed by atoms with Crippen molar-refractivity contribution in [1.29, 1.82) is 0 Å². The van der Waals surface area contributed by atoms with E-state index < -0.39 is 0 Å². The van der Waals surface area contributed by atoms with Gasteiger partial charge in [-0.25, -0.2) is 4.79 Å². The van der Waals surface area contributed by atoms with Crippen LogP contribution in [-0.2, 0) is 22.4 Å². The molecule has 1 N–H and O–H groups in total. The first-order valence-electron chi connectivity index (χ1n) is 11.5. The molecule has 10 heteroatoms. The van der Waals surface area contributed by atoms with Crippen LogP contribution in [0.25, 0.3) is 11.4 Å². The van der Waals surface area contributed by atoms with Crippen LogP contribution in [0.4, 0.5) is 5.00 Å². The SMILES string of the molecule is CCOC(=O)c1c(NC(=O)CSc2nnc(-c3csc(C)c3)n2C(C)C)sc2c1CCC(C)C2. The second-order valence-corrected chi connectivity index (χ2v) is 12.0. The molecule has 3 aromatic heterocycles. The number of carbonyl (C=O) groups is 2. The zero-order chi connectivity index (χ0) is 24.4. The van der Waals surface area contributed by atoms with Crippen LogP contribution in [0.5, 0.6) is 0 Å². The predicted molar refractivity (Wildman–Crippen MR) is 139 cm³/mol. The van der Waals surface area contributed by atoms with E-state index in [2.05, 4.69) is 59.2 Å². The smallest absolute Gasteiger partial charge is 0.341 e. The molecule has 0 spiro atoms. The Bertz CT molecular complexity index is 1190. The van der Waals surface area contributed by atoms with E-state index in [0.29, 0.717) is 28.2 Å². The summed E-state index contributed by atoms with van der Waals surface area (Å²) in [5.74, 6) is 1.03. The van der Waals surface area contributed by atoms with Gasteiger partial charge in [0, 0.05) is 26.7 Å². The molecule has 4 rings (SSSR count). The molecular formula is C24H30N4O3S3. The van der Waals surface area contributed by atoms with Crippen LogP contribution in [0.2, 0.25) is 0 Å². The molecular weight excluding hydrogens is 488 g/mol. The normalized spacial score (nSPS) is 15.4. The molecule has 34 heavy (non-hydrogen) atoms. The summed E-state index contributed by atoms with van der Waals surface area (Å²) in [6, 6.07) is 2.25. The summed E-state index contributed by atoms with van der Waals surface area (Å²) < 4.78 is 7.37. The average molecular weight is 519 g/mol. The van der Waals surface area contributed by atoms with Gasteiger partial charge >= 0.3 is 5.97 Å². The lowest BCUT2D eigenvalue weighted by Gasteiger charge is -2.18. The zero-order valence-corrected chi connectivity index (χ0v) is 22.6. The molecule has 0 fully saturated rings. The lowest BCUT2D eigenvalue weighted by Crippen LogP contribution is -2.18. The van der Waals surface area contributed by atoms with Crippen molar-refractivity contribution in [1.82, 2.24) is 14.8 Å². The largest absolute Gasteiger partial charge is 0.462 e. The first-order valence-corrected chi connectivity index (χ1v) is 14.2. The van der Waals surface area contributed by atoms with Crippen molar-refractivity contribution >= 4 is 51.3 Å². The molecule has 1 amide bonds. The number of amides is 1. The number of hydrogen-bond acceptors (Lipinski definition) is 8. The number of esters is 1. The van der Waals surface area contributed by atoms with E-state index in [-0.39, 0.29) is 23.7 Å². The van der Waals surface area contributed by atoms with E-state index in [1.165, 1.54) is 32.9 Å². The highest BCUT2D eigenvalue weighted by atomic mass is 32.2. The van der Waals surface area contributed by atoms with Gasteiger partial charge in [-0.1, -0.05) is 18.7 Å². The Morgan fingerprint density at radius 1 is 1.35 bits per heavy atom. The van der Waals surface area contributed by atoms with Crippen molar-refractivity contribution in [3.8, 4) is 11.4 Å². The predicted octanol–water partition coefficient (Wildman–Crippen LogP) is 5.99.